The van der Waals surface area contributed by atoms with E-state index in [1.807, 2.05) is 0 Å². The molecule has 0 saturated heterocycles. The SMILES string of the molecule is CCOC(=O)c1ccc([N+](=O)[O-])cc1[18F]. The van der Waals surface area contributed by atoms with Gasteiger partial charge in [0.2, 0.25) is 0 Å². The average molecular weight is 212 g/mol. The van der Waals surface area contributed by atoms with Crippen LogP contribution in [-0.2, 0) is 4.74 Å². The predicted molar refractivity (Wildman–Crippen MR) is 49.0 cm³/mol. The quantitative estimate of drug-likeness (QED) is 0.436. The molecule has 1 rings (SSSR count). The number of non-ortho nitro benzene ring substituents is 1. The van der Waals surface area contributed by atoms with E-state index in [0.717, 1.165) is 12.1 Å². The van der Waals surface area contributed by atoms with Crippen molar-refractivity contribution < 1.29 is 18.8 Å². The monoisotopic (exact) mass is 212 g/mol. The molecule has 0 bridgehead atoms. The molecule has 0 radical (unpaired) electrons. The first kappa shape index (κ1) is 11.1. The van der Waals surface area contributed by atoms with E-state index in [9.17, 15) is 19.3 Å². The zero-order chi connectivity index (χ0) is 11.4. The summed E-state index contributed by atoms with van der Waals surface area (Å²) in [5, 5.41) is 10.3. The highest BCUT2D eigenvalue weighted by Crippen LogP contribution is 2.17. The number of hydrogen-bond acceptors (Lipinski definition) is 4. The minimum absolute atomic E-state index is 0.120. The van der Waals surface area contributed by atoms with Crippen molar-refractivity contribution in [3.05, 3.63) is 39.7 Å². The summed E-state index contributed by atoms with van der Waals surface area (Å²) >= 11 is 0. The second-order valence-corrected chi connectivity index (χ2v) is 2.64. The van der Waals surface area contributed by atoms with E-state index in [4.69, 9.17) is 0 Å². The maximum absolute atomic E-state index is 13.2. The van der Waals surface area contributed by atoms with Crippen LogP contribution in [0.5, 0.6) is 0 Å². The maximum Gasteiger partial charge on any atom is 0.341 e. The van der Waals surface area contributed by atoms with Gasteiger partial charge in [0, 0.05) is 6.07 Å². The van der Waals surface area contributed by atoms with Crippen molar-refractivity contribution >= 4 is 11.7 Å². The molecule has 0 aliphatic heterocycles. The van der Waals surface area contributed by atoms with Crippen LogP contribution in [0.2, 0.25) is 0 Å². The average Bonchev–Trinajstić information content (AvgIpc) is 2.17. The lowest BCUT2D eigenvalue weighted by Gasteiger charge is -2.02. The number of nitro benzene ring substituents is 1. The Morgan fingerprint density at radius 3 is 2.73 bits per heavy atom. The highest BCUT2D eigenvalue weighted by Gasteiger charge is 2.16. The smallest absolute Gasteiger partial charge is 0.341 e. The highest BCUT2D eigenvalue weighted by molar-refractivity contribution is 5.89. The molecule has 0 aliphatic rings. The molecule has 5 nitrogen and oxygen atoms in total. The first-order valence-corrected chi connectivity index (χ1v) is 4.17. The Kier molecular flexibility index (Phi) is 3.33. The Labute approximate surface area is 84.6 Å². The lowest BCUT2D eigenvalue weighted by Crippen LogP contribution is -2.07. The summed E-state index contributed by atoms with van der Waals surface area (Å²) in [6, 6.07) is 2.77. The van der Waals surface area contributed by atoms with Crippen LogP contribution in [0.4, 0.5) is 10.1 Å². The van der Waals surface area contributed by atoms with Gasteiger partial charge in [-0.3, -0.25) is 10.1 Å². The van der Waals surface area contributed by atoms with Crippen molar-refractivity contribution in [2.24, 2.45) is 0 Å². The molecule has 0 N–H and O–H groups in total. The lowest BCUT2D eigenvalue weighted by molar-refractivity contribution is -0.385. The zero-order valence-corrected chi connectivity index (χ0v) is 7.90. The fraction of sp³-hybridized carbons (Fsp3) is 0.222. The Morgan fingerprint density at radius 2 is 2.27 bits per heavy atom. The van der Waals surface area contributed by atoms with Gasteiger partial charge in [-0.05, 0) is 13.0 Å². The van der Waals surface area contributed by atoms with Crippen LogP contribution in [0.25, 0.3) is 0 Å². The van der Waals surface area contributed by atoms with Crippen molar-refractivity contribution in [1.82, 2.24) is 0 Å². The molecule has 0 unspecified atom stereocenters. The van der Waals surface area contributed by atoms with Gasteiger partial charge in [-0.25, -0.2) is 9.18 Å². The summed E-state index contributed by atoms with van der Waals surface area (Å²) in [5.74, 6) is -1.78. The van der Waals surface area contributed by atoms with Crippen molar-refractivity contribution in [1.29, 1.82) is 0 Å². The van der Waals surface area contributed by atoms with Gasteiger partial charge in [-0.1, -0.05) is 0 Å². The number of benzene rings is 1. The van der Waals surface area contributed by atoms with E-state index in [-0.39, 0.29) is 12.2 Å². The van der Waals surface area contributed by atoms with E-state index < -0.39 is 22.4 Å². The molecule has 1 aromatic carbocycles. The minimum Gasteiger partial charge on any atom is -0.462 e. The number of carbonyl (C=O) groups excluding carboxylic acids is 1. The fourth-order valence-corrected chi connectivity index (χ4v) is 0.992. The van der Waals surface area contributed by atoms with Crippen LogP contribution in [0.15, 0.2) is 18.2 Å². The van der Waals surface area contributed by atoms with Crippen LogP contribution in [0.3, 0.4) is 0 Å². The van der Waals surface area contributed by atoms with Crippen LogP contribution < -0.4 is 0 Å². The molecule has 0 spiro atoms. The zero-order valence-electron chi connectivity index (χ0n) is 7.90. The molecule has 0 saturated carbocycles. The van der Waals surface area contributed by atoms with E-state index in [1.165, 1.54) is 0 Å². The van der Waals surface area contributed by atoms with E-state index in [1.54, 1.807) is 6.92 Å². The Bertz CT molecular complexity index is 405. The topological polar surface area (TPSA) is 69.4 Å². The second-order valence-electron chi connectivity index (χ2n) is 2.64. The van der Waals surface area contributed by atoms with Gasteiger partial charge in [-0.15, -0.1) is 0 Å². The normalized spacial score (nSPS) is 9.73. The van der Waals surface area contributed by atoms with Gasteiger partial charge in [0.1, 0.15) is 5.82 Å². The maximum atomic E-state index is 13.2. The highest BCUT2D eigenvalue weighted by atomic mass is 18.2. The van der Waals surface area contributed by atoms with Crippen molar-refractivity contribution in [2.45, 2.75) is 6.92 Å². The van der Waals surface area contributed by atoms with Crippen LogP contribution in [0, 0.1) is 15.9 Å². The largest absolute Gasteiger partial charge is 0.462 e. The number of halogens is 1. The molecule has 80 valence electrons. The minimum atomic E-state index is -0.956. The Hall–Kier alpha value is -1.98. The third-order valence-corrected chi connectivity index (χ3v) is 1.66. The summed E-state index contributed by atoms with van der Waals surface area (Å²) in [6.45, 7) is 1.70. The molecule has 0 atom stereocenters. The van der Waals surface area contributed by atoms with Crippen molar-refractivity contribution in [3.63, 3.8) is 0 Å². The lowest BCUT2D eigenvalue weighted by atomic mass is 10.2. The molecule has 0 heterocycles. The van der Waals surface area contributed by atoms with Gasteiger partial charge in [0.25, 0.3) is 5.69 Å². The number of nitro groups is 1. The summed E-state index contributed by atoms with van der Waals surface area (Å²) in [5.41, 5.74) is -0.706. The van der Waals surface area contributed by atoms with E-state index >= 15 is 0 Å². The molecule has 0 fully saturated rings. The van der Waals surface area contributed by atoms with Gasteiger partial charge < -0.3 is 4.74 Å². The van der Waals surface area contributed by atoms with Gasteiger partial charge >= 0.3 is 5.97 Å². The van der Waals surface area contributed by atoms with Gasteiger partial charge in [0.05, 0.1) is 23.2 Å². The third-order valence-electron chi connectivity index (χ3n) is 1.66. The summed E-state index contributed by atoms with van der Waals surface area (Å²) < 4.78 is 17.7. The van der Waals surface area contributed by atoms with Gasteiger partial charge in [-0.2, -0.15) is 0 Å². The van der Waals surface area contributed by atoms with Crippen molar-refractivity contribution in [3.8, 4) is 0 Å². The van der Waals surface area contributed by atoms with Crippen molar-refractivity contribution in [2.75, 3.05) is 6.61 Å². The molecule has 0 amide bonds. The molecule has 0 aromatic heterocycles. The van der Waals surface area contributed by atoms with Crippen LogP contribution in [0.1, 0.15) is 17.3 Å². The Morgan fingerprint density at radius 1 is 1.60 bits per heavy atom. The van der Waals surface area contributed by atoms with Crippen LogP contribution in [-0.4, -0.2) is 17.5 Å². The molecule has 0 aliphatic carbocycles. The second kappa shape index (κ2) is 4.50. The number of rotatable bonds is 3. The summed E-state index contributed by atoms with van der Waals surface area (Å²) in [6.07, 6.45) is 0. The van der Waals surface area contributed by atoms with Crippen LogP contribution >= 0.6 is 0 Å². The first-order chi connectivity index (χ1) is 7.06. The molecular formula is C9H8FNO4. The Balaban J connectivity index is 3.03. The number of esters is 1. The molecule has 6 heteroatoms. The number of carbonyl (C=O) groups is 1. The number of hydrogen-bond donors (Lipinski definition) is 0. The summed E-state index contributed by atoms with van der Waals surface area (Å²) in [7, 11) is 0. The summed E-state index contributed by atoms with van der Waals surface area (Å²) in [4.78, 5) is 20.7. The standard InChI is InChI=1S/C9H8FNO4/c1-2-15-9(12)7-4-3-6(11(13)14)5-8(7)10/h3-5H,2H2,1H3/i10-1. The third kappa shape index (κ3) is 2.49. The molecular weight excluding hydrogens is 204 g/mol. The first-order valence-electron chi connectivity index (χ1n) is 4.17. The van der Waals surface area contributed by atoms with E-state index in [0.29, 0.717) is 6.07 Å². The van der Waals surface area contributed by atoms with E-state index in [2.05, 4.69) is 4.74 Å². The van der Waals surface area contributed by atoms with Gasteiger partial charge in [0.15, 0.2) is 0 Å². The fourth-order valence-electron chi connectivity index (χ4n) is 0.992. The molecule has 15 heavy (non-hydrogen) atoms. The predicted octanol–water partition coefficient (Wildman–Crippen LogP) is 1.91. The number of nitrogens with zero attached hydrogens (tertiary/aromatic N) is 1. The molecule has 1 aromatic rings. The number of ether oxygens (including phenoxy) is 1.